The lowest BCUT2D eigenvalue weighted by atomic mass is 10.1. The summed E-state index contributed by atoms with van der Waals surface area (Å²) in [6, 6.07) is 7.81. The molecule has 0 aliphatic rings. The number of hydrogen-bond donors (Lipinski definition) is 1. The van der Waals surface area contributed by atoms with E-state index in [1.165, 1.54) is 18.2 Å². The fourth-order valence-electron chi connectivity index (χ4n) is 1.85. The highest BCUT2D eigenvalue weighted by Gasteiger charge is 2.12. The van der Waals surface area contributed by atoms with Gasteiger partial charge in [-0.3, -0.25) is 4.98 Å². The van der Waals surface area contributed by atoms with Crippen LogP contribution in [-0.4, -0.2) is 15.1 Å². The topological polar surface area (TPSA) is 77.8 Å². The van der Waals surface area contributed by atoms with Gasteiger partial charge in [-0.2, -0.15) is 4.98 Å². The van der Waals surface area contributed by atoms with Crippen molar-refractivity contribution in [3.63, 3.8) is 0 Å². The second-order valence-electron chi connectivity index (χ2n) is 4.29. The second-order valence-corrected chi connectivity index (χ2v) is 4.29. The second kappa shape index (κ2) is 5.08. The number of nitrogens with two attached hydrogens (primary N) is 1. The van der Waals surface area contributed by atoms with E-state index in [-0.39, 0.29) is 11.6 Å². The first-order valence-corrected chi connectivity index (χ1v) is 5.99. The molecule has 2 N–H and O–H groups in total. The van der Waals surface area contributed by atoms with Gasteiger partial charge in [0, 0.05) is 24.5 Å². The van der Waals surface area contributed by atoms with Gasteiger partial charge >= 0.3 is 0 Å². The Morgan fingerprint density at radius 2 is 2.15 bits per heavy atom. The van der Waals surface area contributed by atoms with Gasteiger partial charge in [0.1, 0.15) is 5.82 Å². The fourth-order valence-corrected chi connectivity index (χ4v) is 1.85. The van der Waals surface area contributed by atoms with Crippen molar-refractivity contribution in [3.05, 3.63) is 59.9 Å². The zero-order valence-corrected chi connectivity index (χ0v) is 10.5. The predicted molar refractivity (Wildman–Crippen MR) is 71.1 cm³/mol. The maximum atomic E-state index is 13.0. The van der Waals surface area contributed by atoms with E-state index in [1.54, 1.807) is 12.4 Å². The van der Waals surface area contributed by atoms with Crippen LogP contribution in [0, 0.1) is 5.82 Å². The molecular weight excluding hydrogens is 259 g/mol. The Morgan fingerprint density at radius 1 is 1.25 bits per heavy atom. The van der Waals surface area contributed by atoms with E-state index in [9.17, 15) is 4.39 Å². The third-order valence-electron chi connectivity index (χ3n) is 2.80. The maximum absolute atomic E-state index is 13.0. The van der Waals surface area contributed by atoms with Crippen LogP contribution in [-0.2, 0) is 6.42 Å². The molecule has 1 aromatic carbocycles. The third-order valence-corrected chi connectivity index (χ3v) is 2.80. The van der Waals surface area contributed by atoms with Crippen LogP contribution in [0.4, 0.5) is 10.1 Å². The van der Waals surface area contributed by atoms with Gasteiger partial charge in [0.05, 0.1) is 5.56 Å². The molecule has 2 heterocycles. The van der Waals surface area contributed by atoms with Crippen LogP contribution in [0.15, 0.2) is 47.2 Å². The summed E-state index contributed by atoms with van der Waals surface area (Å²) in [6.07, 6.45) is 3.95. The molecule has 100 valence electrons. The largest absolute Gasteiger partial charge is 0.398 e. The minimum Gasteiger partial charge on any atom is -0.398 e. The molecule has 20 heavy (non-hydrogen) atoms. The van der Waals surface area contributed by atoms with Gasteiger partial charge in [0.15, 0.2) is 5.82 Å². The average Bonchev–Trinajstić information content (AvgIpc) is 2.88. The number of rotatable bonds is 3. The first kappa shape index (κ1) is 12.3. The molecule has 0 amide bonds. The average molecular weight is 270 g/mol. The van der Waals surface area contributed by atoms with Crippen LogP contribution < -0.4 is 5.73 Å². The summed E-state index contributed by atoms with van der Waals surface area (Å²) in [5, 5.41) is 3.89. The number of benzene rings is 1. The first-order valence-electron chi connectivity index (χ1n) is 5.99. The molecule has 5 nitrogen and oxygen atoms in total. The summed E-state index contributed by atoms with van der Waals surface area (Å²) in [5.74, 6) is 0.402. The molecule has 0 aliphatic carbocycles. The van der Waals surface area contributed by atoms with Crippen LogP contribution in [0.25, 0.3) is 11.5 Å². The number of nitrogen functional groups attached to an aromatic ring is 1. The molecular formula is C14H11FN4O. The summed E-state index contributed by atoms with van der Waals surface area (Å²) in [7, 11) is 0. The van der Waals surface area contributed by atoms with Gasteiger partial charge in [-0.25, -0.2) is 4.39 Å². The summed E-state index contributed by atoms with van der Waals surface area (Å²) < 4.78 is 18.2. The smallest absolute Gasteiger partial charge is 0.260 e. The lowest BCUT2D eigenvalue weighted by Gasteiger charge is -1.99. The maximum Gasteiger partial charge on any atom is 0.260 e. The van der Waals surface area contributed by atoms with Crippen molar-refractivity contribution in [2.24, 2.45) is 0 Å². The van der Waals surface area contributed by atoms with Crippen molar-refractivity contribution in [2.45, 2.75) is 6.42 Å². The monoisotopic (exact) mass is 270 g/mol. The summed E-state index contributed by atoms with van der Waals surface area (Å²) in [6.45, 7) is 0. The number of aromatic nitrogens is 3. The van der Waals surface area contributed by atoms with Gasteiger partial charge < -0.3 is 10.3 Å². The molecule has 0 atom stereocenters. The minimum absolute atomic E-state index is 0.265. The SMILES string of the molecule is Nc1cc(F)ccc1-c1nc(Cc2cccnc2)no1. The lowest BCUT2D eigenvalue weighted by Crippen LogP contribution is -1.93. The zero-order chi connectivity index (χ0) is 13.9. The van der Waals surface area contributed by atoms with Crippen molar-refractivity contribution in [1.82, 2.24) is 15.1 Å². The van der Waals surface area contributed by atoms with Crippen LogP contribution in [0.3, 0.4) is 0 Å². The Balaban J connectivity index is 1.87. The van der Waals surface area contributed by atoms with Gasteiger partial charge in [0.25, 0.3) is 5.89 Å². The van der Waals surface area contributed by atoms with Gasteiger partial charge in [0.2, 0.25) is 0 Å². The lowest BCUT2D eigenvalue weighted by molar-refractivity contribution is 0.424. The first-order chi connectivity index (χ1) is 9.72. The Labute approximate surface area is 114 Å². The highest BCUT2D eigenvalue weighted by atomic mass is 19.1. The third kappa shape index (κ3) is 2.49. The molecule has 6 heteroatoms. The van der Waals surface area contributed by atoms with Crippen LogP contribution in [0.5, 0.6) is 0 Å². The number of pyridine rings is 1. The molecule has 0 spiro atoms. The van der Waals surface area contributed by atoms with E-state index in [0.29, 0.717) is 17.8 Å². The summed E-state index contributed by atoms with van der Waals surface area (Å²) in [5.41, 5.74) is 7.51. The van der Waals surface area contributed by atoms with Gasteiger partial charge in [-0.15, -0.1) is 0 Å². The van der Waals surface area contributed by atoms with Gasteiger partial charge in [-0.1, -0.05) is 11.2 Å². The van der Waals surface area contributed by atoms with Crippen molar-refractivity contribution in [2.75, 3.05) is 5.73 Å². The molecule has 0 bridgehead atoms. The molecule has 3 aromatic rings. The fraction of sp³-hybridized carbons (Fsp3) is 0.0714. The standard InChI is InChI=1S/C14H11FN4O/c15-10-3-4-11(12(16)7-10)14-18-13(19-20-14)6-9-2-1-5-17-8-9/h1-5,7-8H,6,16H2. The van der Waals surface area contributed by atoms with E-state index in [4.69, 9.17) is 10.3 Å². The number of hydrogen-bond acceptors (Lipinski definition) is 5. The van der Waals surface area contributed by atoms with Crippen LogP contribution in [0.2, 0.25) is 0 Å². The highest BCUT2D eigenvalue weighted by molar-refractivity contribution is 5.70. The molecule has 0 radical (unpaired) electrons. The van der Waals surface area contributed by atoms with E-state index in [2.05, 4.69) is 15.1 Å². The summed E-state index contributed by atoms with van der Waals surface area (Å²) >= 11 is 0. The van der Waals surface area contributed by atoms with Crippen molar-refractivity contribution in [1.29, 1.82) is 0 Å². The Morgan fingerprint density at radius 3 is 2.90 bits per heavy atom. The van der Waals surface area contributed by atoms with Crippen LogP contribution >= 0.6 is 0 Å². The Kier molecular flexibility index (Phi) is 3.12. The molecule has 0 saturated heterocycles. The van der Waals surface area contributed by atoms with E-state index >= 15 is 0 Å². The highest BCUT2D eigenvalue weighted by Crippen LogP contribution is 2.25. The van der Waals surface area contributed by atoms with Crippen LogP contribution in [0.1, 0.15) is 11.4 Å². The number of halogens is 1. The van der Waals surface area contributed by atoms with E-state index in [1.807, 2.05) is 12.1 Å². The van der Waals surface area contributed by atoms with Crippen molar-refractivity contribution >= 4 is 5.69 Å². The Hall–Kier alpha value is -2.76. The van der Waals surface area contributed by atoms with Crippen molar-refractivity contribution in [3.8, 4) is 11.5 Å². The summed E-state index contributed by atoms with van der Waals surface area (Å²) in [4.78, 5) is 8.28. The number of nitrogens with zero attached hydrogens (tertiary/aromatic N) is 3. The molecule has 2 aromatic heterocycles. The predicted octanol–water partition coefficient (Wildman–Crippen LogP) is 2.44. The molecule has 0 unspecified atom stereocenters. The molecule has 0 aliphatic heterocycles. The van der Waals surface area contributed by atoms with E-state index in [0.717, 1.165) is 5.56 Å². The zero-order valence-electron chi connectivity index (χ0n) is 10.5. The molecule has 3 rings (SSSR count). The number of anilines is 1. The Bertz CT molecular complexity index is 727. The van der Waals surface area contributed by atoms with Crippen molar-refractivity contribution < 1.29 is 8.91 Å². The quantitative estimate of drug-likeness (QED) is 0.739. The van der Waals surface area contributed by atoms with Gasteiger partial charge in [-0.05, 0) is 29.8 Å². The normalized spacial score (nSPS) is 10.7. The van der Waals surface area contributed by atoms with E-state index < -0.39 is 5.82 Å². The molecule has 0 saturated carbocycles. The minimum atomic E-state index is -0.402. The molecule has 0 fully saturated rings.